The fourth-order valence-electron chi connectivity index (χ4n) is 2.72. The van der Waals surface area contributed by atoms with Crippen molar-refractivity contribution in [2.75, 3.05) is 6.54 Å². The Kier molecular flexibility index (Phi) is 7.60. The first-order valence-corrected chi connectivity index (χ1v) is 9.01. The summed E-state index contributed by atoms with van der Waals surface area (Å²) in [5.41, 5.74) is 0.675. The number of carbonyl (C=O) groups excluding carboxylic acids is 2. The molecule has 1 aromatic rings. The van der Waals surface area contributed by atoms with E-state index < -0.39 is 0 Å². The monoisotopic (exact) mass is 368 g/mol. The van der Waals surface area contributed by atoms with Crippen LogP contribution in [-0.2, 0) is 9.59 Å². The predicted molar refractivity (Wildman–Crippen MR) is 98.1 cm³/mol. The molecule has 2 rings (SSSR count). The number of nitrogens with one attached hydrogen (secondary N) is 2. The largest absolute Gasteiger partial charge is 0.353 e. The second-order valence-corrected chi connectivity index (χ2v) is 6.71. The Balaban J connectivity index is 1.70. The summed E-state index contributed by atoms with van der Waals surface area (Å²) in [6.45, 7) is 0.311. The highest BCUT2D eigenvalue weighted by Gasteiger charge is 2.15. The van der Waals surface area contributed by atoms with E-state index in [1.165, 1.54) is 25.3 Å². The molecule has 6 heteroatoms. The van der Waals surface area contributed by atoms with E-state index in [9.17, 15) is 9.59 Å². The van der Waals surface area contributed by atoms with Crippen LogP contribution in [-0.4, -0.2) is 24.4 Å². The van der Waals surface area contributed by atoms with Crippen LogP contribution in [0.1, 0.15) is 44.1 Å². The number of halogens is 2. The SMILES string of the molecule is O=C(/C=C/c1cccc(Cl)c1Cl)NCCC(=O)NC1CCCCC1. The molecule has 0 heterocycles. The molecule has 0 aliphatic heterocycles. The molecule has 1 aromatic carbocycles. The third-order valence-electron chi connectivity index (χ3n) is 4.02. The molecule has 1 aliphatic carbocycles. The third-order valence-corrected chi connectivity index (χ3v) is 4.85. The summed E-state index contributed by atoms with van der Waals surface area (Å²) in [5, 5.41) is 6.57. The van der Waals surface area contributed by atoms with E-state index in [-0.39, 0.29) is 18.2 Å². The number of rotatable bonds is 6. The van der Waals surface area contributed by atoms with Crippen LogP contribution in [0, 0.1) is 0 Å². The van der Waals surface area contributed by atoms with E-state index in [4.69, 9.17) is 23.2 Å². The Morgan fingerprint density at radius 3 is 2.67 bits per heavy atom. The highest BCUT2D eigenvalue weighted by Crippen LogP contribution is 2.26. The van der Waals surface area contributed by atoms with Crippen molar-refractivity contribution in [1.29, 1.82) is 0 Å². The summed E-state index contributed by atoms with van der Waals surface area (Å²) in [6, 6.07) is 5.52. The minimum atomic E-state index is -0.267. The van der Waals surface area contributed by atoms with Crippen molar-refractivity contribution in [3.63, 3.8) is 0 Å². The van der Waals surface area contributed by atoms with Gasteiger partial charge in [0.2, 0.25) is 11.8 Å². The Labute approximate surface area is 152 Å². The van der Waals surface area contributed by atoms with Crippen LogP contribution in [0.2, 0.25) is 10.0 Å². The van der Waals surface area contributed by atoms with E-state index in [1.807, 2.05) is 0 Å². The number of carbonyl (C=O) groups is 2. The van der Waals surface area contributed by atoms with Gasteiger partial charge in [-0.15, -0.1) is 0 Å². The smallest absolute Gasteiger partial charge is 0.244 e. The van der Waals surface area contributed by atoms with Crippen LogP contribution in [0.15, 0.2) is 24.3 Å². The van der Waals surface area contributed by atoms with Gasteiger partial charge in [0.15, 0.2) is 0 Å². The highest BCUT2D eigenvalue weighted by molar-refractivity contribution is 6.42. The molecule has 4 nitrogen and oxygen atoms in total. The van der Waals surface area contributed by atoms with Gasteiger partial charge in [0, 0.05) is 25.1 Å². The van der Waals surface area contributed by atoms with E-state index >= 15 is 0 Å². The van der Waals surface area contributed by atoms with Crippen LogP contribution in [0.5, 0.6) is 0 Å². The van der Waals surface area contributed by atoms with Gasteiger partial charge in [-0.1, -0.05) is 54.6 Å². The van der Waals surface area contributed by atoms with E-state index in [2.05, 4.69) is 10.6 Å². The van der Waals surface area contributed by atoms with Gasteiger partial charge in [0.05, 0.1) is 10.0 Å². The zero-order chi connectivity index (χ0) is 17.4. The maximum absolute atomic E-state index is 11.8. The molecule has 0 aromatic heterocycles. The second kappa shape index (κ2) is 9.70. The van der Waals surface area contributed by atoms with Crippen molar-refractivity contribution in [3.05, 3.63) is 39.9 Å². The van der Waals surface area contributed by atoms with Gasteiger partial charge >= 0.3 is 0 Å². The molecule has 0 radical (unpaired) electrons. The second-order valence-electron chi connectivity index (χ2n) is 5.92. The van der Waals surface area contributed by atoms with Gasteiger partial charge < -0.3 is 10.6 Å². The van der Waals surface area contributed by atoms with E-state index in [0.29, 0.717) is 28.2 Å². The predicted octanol–water partition coefficient (Wildman–Crippen LogP) is 3.96. The van der Waals surface area contributed by atoms with Gasteiger partial charge in [-0.25, -0.2) is 0 Å². The molecule has 0 bridgehead atoms. The minimum Gasteiger partial charge on any atom is -0.353 e. The molecule has 0 spiro atoms. The zero-order valence-electron chi connectivity index (χ0n) is 13.5. The summed E-state index contributed by atoms with van der Waals surface area (Å²) in [4.78, 5) is 23.6. The third kappa shape index (κ3) is 6.17. The van der Waals surface area contributed by atoms with Crippen molar-refractivity contribution in [2.24, 2.45) is 0 Å². The minimum absolute atomic E-state index is 0.0101. The fraction of sp³-hybridized carbons (Fsp3) is 0.444. The summed E-state index contributed by atoms with van der Waals surface area (Å²) in [7, 11) is 0. The first-order valence-electron chi connectivity index (χ1n) is 8.25. The lowest BCUT2D eigenvalue weighted by Gasteiger charge is -2.22. The summed E-state index contributed by atoms with van der Waals surface area (Å²) in [5.74, 6) is -0.277. The van der Waals surface area contributed by atoms with Crippen LogP contribution >= 0.6 is 23.2 Å². The number of benzene rings is 1. The number of amides is 2. The van der Waals surface area contributed by atoms with Crippen LogP contribution in [0.25, 0.3) is 6.08 Å². The molecule has 24 heavy (non-hydrogen) atoms. The van der Waals surface area contributed by atoms with E-state index in [1.54, 1.807) is 24.3 Å². The van der Waals surface area contributed by atoms with Crippen LogP contribution in [0.3, 0.4) is 0 Å². The quantitative estimate of drug-likeness (QED) is 0.746. The van der Waals surface area contributed by atoms with Crippen molar-refractivity contribution >= 4 is 41.1 Å². The number of hydrogen-bond donors (Lipinski definition) is 2. The molecule has 2 N–H and O–H groups in total. The van der Waals surface area contributed by atoms with Crippen molar-refractivity contribution in [1.82, 2.24) is 10.6 Å². The summed E-state index contributed by atoms with van der Waals surface area (Å²) < 4.78 is 0. The first-order chi connectivity index (χ1) is 11.6. The Morgan fingerprint density at radius 2 is 1.92 bits per heavy atom. The average Bonchev–Trinajstić information content (AvgIpc) is 2.57. The van der Waals surface area contributed by atoms with Gasteiger partial charge in [0.1, 0.15) is 0 Å². The Morgan fingerprint density at radius 1 is 1.17 bits per heavy atom. The molecule has 0 atom stereocenters. The molecular formula is C18H22Cl2N2O2. The summed E-state index contributed by atoms with van der Waals surface area (Å²) in [6.07, 6.45) is 9.00. The van der Waals surface area contributed by atoms with Crippen LogP contribution < -0.4 is 10.6 Å². The lowest BCUT2D eigenvalue weighted by molar-refractivity contribution is -0.122. The van der Waals surface area contributed by atoms with Crippen molar-refractivity contribution in [2.45, 2.75) is 44.6 Å². The fourth-order valence-corrected chi connectivity index (χ4v) is 3.09. The van der Waals surface area contributed by atoms with Crippen LogP contribution in [0.4, 0.5) is 0 Å². The average molecular weight is 369 g/mol. The normalized spacial score (nSPS) is 15.4. The number of hydrogen-bond acceptors (Lipinski definition) is 2. The molecule has 130 valence electrons. The molecule has 0 saturated heterocycles. The molecule has 1 saturated carbocycles. The lowest BCUT2D eigenvalue weighted by atomic mass is 9.95. The maximum atomic E-state index is 11.8. The maximum Gasteiger partial charge on any atom is 0.244 e. The van der Waals surface area contributed by atoms with Gasteiger partial charge in [0.25, 0.3) is 0 Å². The zero-order valence-corrected chi connectivity index (χ0v) is 15.0. The molecule has 0 unspecified atom stereocenters. The van der Waals surface area contributed by atoms with Crippen molar-refractivity contribution < 1.29 is 9.59 Å². The molecule has 1 aliphatic rings. The van der Waals surface area contributed by atoms with Gasteiger partial charge in [-0.05, 0) is 30.5 Å². The Hall–Kier alpha value is -1.52. The molecule has 1 fully saturated rings. The highest BCUT2D eigenvalue weighted by atomic mass is 35.5. The van der Waals surface area contributed by atoms with Gasteiger partial charge in [-0.3, -0.25) is 9.59 Å². The lowest BCUT2D eigenvalue weighted by Crippen LogP contribution is -2.38. The first kappa shape index (κ1) is 18.8. The topological polar surface area (TPSA) is 58.2 Å². The standard InChI is InChI=1S/C18H22Cl2N2O2/c19-15-8-4-5-13(18(15)20)9-10-16(23)21-12-11-17(24)22-14-6-2-1-3-7-14/h4-5,8-10,14H,1-3,6-7,11-12H2,(H,21,23)(H,22,24)/b10-9+. The van der Waals surface area contributed by atoms with Crippen molar-refractivity contribution in [3.8, 4) is 0 Å². The summed E-state index contributed by atoms with van der Waals surface area (Å²) >= 11 is 12.0. The van der Waals surface area contributed by atoms with Gasteiger partial charge in [-0.2, -0.15) is 0 Å². The molecule has 2 amide bonds. The van der Waals surface area contributed by atoms with E-state index in [0.717, 1.165) is 12.8 Å². The molecular weight excluding hydrogens is 347 g/mol. The Bertz CT molecular complexity index is 611.